The van der Waals surface area contributed by atoms with Crippen molar-refractivity contribution in [2.45, 2.75) is 0 Å². The topological polar surface area (TPSA) is 13.1 Å². The van der Waals surface area contributed by atoms with E-state index in [1.54, 1.807) is 0 Å². The molecule has 0 atom stereocenters. The number of rotatable bonds is 0. The van der Waals surface area contributed by atoms with Crippen molar-refractivity contribution in [2.24, 2.45) is 0 Å². The van der Waals surface area contributed by atoms with Crippen LogP contribution in [0.3, 0.4) is 0 Å². The normalized spacial score (nSPS) is 11.6. The molecule has 0 bridgehead atoms. The predicted molar refractivity (Wildman–Crippen MR) is 92.2 cm³/mol. The summed E-state index contributed by atoms with van der Waals surface area (Å²) >= 11 is 17.6. The second kappa shape index (κ2) is 4.88. The van der Waals surface area contributed by atoms with Crippen LogP contribution in [0.2, 0.25) is 0 Å². The van der Waals surface area contributed by atoms with Crippen LogP contribution >= 0.6 is 79.6 Å². The molecule has 92 valence electrons. The number of fused-ring (bicyclic) bond motifs is 3. The van der Waals surface area contributed by atoms with Gasteiger partial charge >= 0.3 is 0 Å². The van der Waals surface area contributed by atoms with Crippen LogP contribution in [0.15, 0.2) is 45.0 Å². The zero-order chi connectivity index (χ0) is 13.0. The third-order valence-corrected chi connectivity index (χ3v) is 7.76. The Morgan fingerprint density at radius 1 is 0.667 bits per heavy atom. The first-order valence-corrected chi connectivity index (χ1v) is 8.80. The van der Waals surface area contributed by atoms with Crippen LogP contribution in [0.1, 0.15) is 0 Å². The highest BCUT2D eigenvalue weighted by Gasteiger charge is 2.16. The van der Waals surface area contributed by atoms with E-state index in [0.717, 1.165) is 44.3 Å². The largest absolute Gasteiger partial charge is 0.455 e. The molecule has 0 aliphatic carbocycles. The summed E-state index contributed by atoms with van der Waals surface area (Å²) in [6.07, 6.45) is 0. The van der Waals surface area contributed by atoms with E-state index in [0.29, 0.717) is 0 Å². The molecular weight excluding hydrogens is 560 g/mol. The molecule has 0 unspecified atom stereocenters. The molecule has 3 rings (SSSR count). The minimum Gasteiger partial charge on any atom is -0.455 e. The summed E-state index contributed by atoms with van der Waals surface area (Å²) < 4.78 is 10.7. The van der Waals surface area contributed by atoms with Crippen molar-refractivity contribution in [3.05, 3.63) is 40.6 Å². The third-order valence-electron chi connectivity index (χ3n) is 2.64. The van der Waals surface area contributed by atoms with E-state index in [1.165, 1.54) is 0 Å². The summed E-state index contributed by atoms with van der Waals surface area (Å²) in [4.78, 5) is 0. The second-order valence-electron chi connectivity index (χ2n) is 3.73. The van der Waals surface area contributed by atoms with Gasteiger partial charge in [0.15, 0.2) is 5.58 Å². The van der Waals surface area contributed by atoms with E-state index in [-0.39, 0.29) is 0 Å². The molecule has 6 heteroatoms. The summed E-state index contributed by atoms with van der Waals surface area (Å²) in [7, 11) is 0. The molecule has 0 fully saturated rings. The Labute approximate surface area is 145 Å². The Kier molecular flexibility index (Phi) is 3.69. The lowest BCUT2D eigenvalue weighted by Gasteiger charge is -2.00. The SMILES string of the molecule is Brc1cc2oc3c(Br)c(Br)c(Br)cc3c2cc1Br. The van der Waals surface area contributed by atoms with Gasteiger partial charge in [-0.15, -0.1) is 0 Å². The molecule has 0 saturated heterocycles. The molecule has 1 nitrogen and oxygen atoms in total. The molecule has 1 heterocycles. The van der Waals surface area contributed by atoms with Gasteiger partial charge in [-0.2, -0.15) is 0 Å². The van der Waals surface area contributed by atoms with Gasteiger partial charge < -0.3 is 4.42 Å². The minimum absolute atomic E-state index is 0.838. The molecule has 0 spiro atoms. The maximum atomic E-state index is 5.91. The quantitative estimate of drug-likeness (QED) is 0.260. The highest BCUT2D eigenvalue weighted by Crippen LogP contribution is 2.43. The molecule has 0 aliphatic rings. The highest BCUT2D eigenvalue weighted by molar-refractivity contribution is 9.14. The van der Waals surface area contributed by atoms with Gasteiger partial charge in [-0.1, -0.05) is 0 Å². The standard InChI is InChI=1S/C12H3Br5O/c13-6-1-4-5-2-8(15)10(16)11(17)12(5)18-9(4)3-7(6)14/h1-3H. The Bertz CT molecular complexity index is 790. The zero-order valence-corrected chi connectivity index (χ0v) is 16.5. The van der Waals surface area contributed by atoms with Crippen molar-refractivity contribution in [1.29, 1.82) is 0 Å². The molecule has 1 aromatic heterocycles. The maximum Gasteiger partial charge on any atom is 0.150 e. The van der Waals surface area contributed by atoms with Crippen LogP contribution in [-0.4, -0.2) is 0 Å². The van der Waals surface area contributed by atoms with E-state index >= 15 is 0 Å². The third kappa shape index (κ3) is 2.04. The van der Waals surface area contributed by atoms with Crippen LogP contribution < -0.4 is 0 Å². The van der Waals surface area contributed by atoms with Crippen molar-refractivity contribution in [3.63, 3.8) is 0 Å². The van der Waals surface area contributed by atoms with Gasteiger partial charge in [0.25, 0.3) is 0 Å². The molecule has 0 N–H and O–H groups in total. The fraction of sp³-hybridized carbons (Fsp3) is 0. The Morgan fingerprint density at radius 2 is 1.28 bits per heavy atom. The molecular formula is C12H3Br5O. The average molecular weight is 563 g/mol. The molecule has 2 aromatic carbocycles. The lowest BCUT2D eigenvalue weighted by atomic mass is 10.1. The fourth-order valence-electron chi connectivity index (χ4n) is 1.81. The Balaban J connectivity index is 2.56. The summed E-state index contributed by atoms with van der Waals surface area (Å²) in [5.74, 6) is 0. The lowest BCUT2D eigenvalue weighted by molar-refractivity contribution is 0.666. The van der Waals surface area contributed by atoms with Crippen molar-refractivity contribution in [3.8, 4) is 0 Å². The number of furan rings is 1. The minimum atomic E-state index is 0.838. The first-order chi connectivity index (χ1) is 8.49. The van der Waals surface area contributed by atoms with Gasteiger partial charge in [-0.05, 0) is 97.8 Å². The van der Waals surface area contributed by atoms with Gasteiger partial charge in [0.2, 0.25) is 0 Å². The van der Waals surface area contributed by atoms with Crippen LogP contribution in [0.25, 0.3) is 21.9 Å². The molecule has 0 amide bonds. The number of hydrogen-bond acceptors (Lipinski definition) is 1. The van der Waals surface area contributed by atoms with Crippen LogP contribution in [-0.2, 0) is 0 Å². The van der Waals surface area contributed by atoms with Gasteiger partial charge in [-0.3, -0.25) is 0 Å². The predicted octanol–water partition coefficient (Wildman–Crippen LogP) is 7.40. The summed E-state index contributed by atoms with van der Waals surface area (Å²) in [6.45, 7) is 0. The lowest BCUT2D eigenvalue weighted by Crippen LogP contribution is -1.75. The highest BCUT2D eigenvalue weighted by atomic mass is 79.9. The molecule has 0 aliphatic heterocycles. The van der Waals surface area contributed by atoms with E-state index < -0.39 is 0 Å². The Morgan fingerprint density at radius 3 is 2.00 bits per heavy atom. The van der Waals surface area contributed by atoms with Crippen molar-refractivity contribution < 1.29 is 4.42 Å². The molecule has 0 radical (unpaired) electrons. The van der Waals surface area contributed by atoms with Crippen molar-refractivity contribution in [2.75, 3.05) is 0 Å². The van der Waals surface area contributed by atoms with Gasteiger partial charge in [0.05, 0.1) is 4.47 Å². The summed E-state index contributed by atoms with van der Waals surface area (Å²) in [6, 6.07) is 6.07. The van der Waals surface area contributed by atoms with E-state index in [1.807, 2.05) is 6.07 Å². The van der Waals surface area contributed by atoms with Crippen molar-refractivity contribution in [1.82, 2.24) is 0 Å². The fourth-order valence-corrected chi connectivity index (χ4v) is 3.97. The zero-order valence-electron chi connectivity index (χ0n) is 8.53. The summed E-state index contributed by atoms with van der Waals surface area (Å²) in [5.41, 5.74) is 1.69. The molecule has 18 heavy (non-hydrogen) atoms. The first-order valence-electron chi connectivity index (χ1n) is 4.84. The number of benzene rings is 2. The first kappa shape index (κ1) is 13.6. The van der Waals surface area contributed by atoms with Gasteiger partial charge in [0, 0.05) is 28.7 Å². The van der Waals surface area contributed by atoms with Crippen LogP contribution in [0, 0.1) is 0 Å². The van der Waals surface area contributed by atoms with E-state index in [4.69, 9.17) is 4.42 Å². The second-order valence-corrected chi connectivity index (χ2v) is 7.88. The van der Waals surface area contributed by atoms with E-state index in [2.05, 4.69) is 91.8 Å². The van der Waals surface area contributed by atoms with Gasteiger partial charge in [0.1, 0.15) is 5.58 Å². The van der Waals surface area contributed by atoms with Gasteiger partial charge in [-0.25, -0.2) is 0 Å². The number of hydrogen-bond donors (Lipinski definition) is 0. The number of halogens is 5. The summed E-state index contributed by atoms with van der Waals surface area (Å²) in [5, 5.41) is 2.15. The van der Waals surface area contributed by atoms with Crippen LogP contribution in [0.5, 0.6) is 0 Å². The molecule has 0 saturated carbocycles. The van der Waals surface area contributed by atoms with Crippen molar-refractivity contribution >= 4 is 102 Å². The smallest absolute Gasteiger partial charge is 0.150 e. The monoisotopic (exact) mass is 558 g/mol. The average Bonchev–Trinajstić information content (AvgIpc) is 2.66. The maximum absolute atomic E-state index is 5.91. The molecule has 3 aromatic rings. The Hall–Kier alpha value is 0.640. The van der Waals surface area contributed by atoms with E-state index in [9.17, 15) is 0 Å². The van der Waals surface area contributed by atoms with Crippen LogP contribution in [0.4, 0.5) is 0 Å².